The van der Waals surface area contributed by atoms with E-state index in [1.807, 2.05) is 6.92 Å². The van der Waals surface area contributed by atoms with Gasteiger partial charge in [0.2, 0.25) is 0 Å². The monoisotopic (exact) mass is 944 g/mol. The molecule has 0 radical (unpaired) electrons. The Kier molecular flexibility index (Phi) is 21.6. The maximum absolute atomic E-state index is 13.7. The van der Waals surface area contributed by atoms with Crippen molar-refractivity contribution in [3.63, 3.8) is 0 Å². The molecule has 3 fully saturated rings. The molecule has 67 heavy (non-hydrogen) atoms. The topological polar surface area (TPSA) is 238 Å². The van der Waals surface area contributed by atoms with E-state index in [1.54, 1.807) is 44.2 Å². The second-order valence-corrected chi connectivity index (χ2v) is 16.5. The van der Waals surface area contributed by atoms with E-state index in [-0.39, 0.29) is 18.4 Å². The Morgan fingerprint density at radius 1 is 0.672 bits per heavy atom. The number of esters is 7. The van der Waals surface area contributed by atoms with Crippen molar-refractivity contribution < 1.29 is 90.5 Å². The van der Waals surface area contributed by atoms with E-state index in [2.05, 4.69) is 0 Å². The Labute approximate surface area is 390 Å². The fraction of sp³-hybridized carbons (Fsp3) is 0.625. The fourth-order valence-electron chi connectivity index (χ4n) is 7.80. The number of ether oxygens (including phenoxy) is 11. The predicted octanol–water partition coefficient (Wildman–Crippen LogP) is 5.11. The Bertz CT molecular complexity index is 1930. The first kappa shape index (κ1) is 54.1. The second kappa shape index (κ2) is 26.7. The highest BCUT2D eigenvalue weighted by Gasteiger charge is 2.57. The Morgan fingerprint density at radius 2 is 1.31 bits per heavy atom. The first-order valence-corrected chi connectivity index (χ1v) is 22.7. The molecule has 3 aliphatic heterocycles. The average Bonchev–Trinajstić information content (AvgIpc) is 3.27. The summed E-state index contributed by atoms with van der Waals surface area (Å²) in [6.45, 7) is 10.4. The number of carbonyl (C=O) groups is 8. The van der Waals surface area contributed by atoms with Crippen LogP contribution in [-0.4, -0.2) is 128 Å². The Morgan fingerprint density at radius 3 is 1.96 bits per heavy atom. The lowest BCUT2D eigenvalue weighted by Crippen LogP contribution is -2.67. The number of cyclic esters (lactones) is 1. The molecule has 12 atom stereocenters. The maximum Gasteiger partial charge on any atom is 0.333 e. The quantitative estimate of drug-likeness (QED) is 0.159. The van der Waals surface area contributed by atoms with Gasteiger partial charge < -0.3 is 52.1 Å². The van der Waals surface area contributed by atoms with Crippen LogP contribution in [-0.2, 0) is 90.5 Å². The van der Waals surface area contributed by atoms with Gasteiger partial charge in [0.15, 0.2) is 61.1 Å². The number of carbonyl (C=O) groups excluding carboxylic acids is 8. The molecule has 10 unspecified atom stereocenters. The highest BCUT2D eigenvalue weighted by Crippen LogP contribution is 2.37. The zero-order valence-electron chi connectivity index (χ0n) is 39.4. The number of hydrogen-bond donors (Lipinski definition) is 0. The lowest BCUT2D eigenvalue weighted by molar-refractivity contribution is -0.370. The van der Waals surface area contributed by atoms with E-state index in [0.29, 0.717) is 44.1 Å². The predicted molar refractivity (Wildman–Crippen MR) is 233 cm³/mol. The Balaban J connectivity index is 1.90. The first-order valence-electron chi connectivity index (χ1n) is 22.7. The van der Waals surface area contributed by atoms with Crippen molar-refractivity contribution in [2.24, 2.45) is 0 Å². The summed E-state index contributed by atoms with van der Waals surface area (Å²) in [5, 5.41) is 0. The van der Waals surface area contributed by atoms with E-state index in [0.717, 1.165) is 26.8 Å². The summed E-state index contributed by atoms with van der Waals surface area (Å²) in [6.07, 6.45) is -10.0. The number of ketones is 1. The van der Waals surface area contributed by atoms with Gasteiger partial charge >= 0.3 is 41.8 Å². The van der Waals surface area contributed by atoms with Gasteiger partial charge in [-0.3, -0.25) is 28.8 Å². The van der Waals surface area contributed by atoms with Gasteiger partial charge in [0, 0.05) is 45.8 Å². The van der Waals surface area contributed by atoms with Crippen LogP contribution in [0.25, 0.3) is 6.08 Å². The van der Waals surface area contributed by atoms with Crippen molar-refractivity contribution in [3.8, 4) is 0 Å². The molecule has 0 N–H and O–H groups in total. The molecule has 1 aromatic carbocycles. The van der Waals surface area contributed by atoms with Crippen molar-refractivity contribution in [3.05, 3.63) is 53.6 Å². The SMILES string of the molecule is CC=C(C)C(=O)OC1C(OC(=O)C=Cc2ccccc2)C2COC(=O)CCC(=O)[C@@H](OC(C)=O)CCCCC[C@H](CCC)OC3OC(C)C(OC(C)=O)C(OC(C)=O)C3OC(O2)C1OC(C)=O. The summed E-state index contributed by atoms with van der Waals surface area (Å²) in [7, 11) is 0. The molecule has 3 heterocycles. The fourth-order valence-corrected chi connectivity index (χ4v) is 7.80. The van der Waals surface area contributed by atoms with Crippen LogP contribution >= 0.6 is 0 Å². The van der Waals surface area contributed by atoms with Crippen molar-refractivity contribution >= 4 is 53.6 Å². The van der Waals surface area contributed by atoms with Gasteiger partial charge in [-0.1, -0.05) is 62.6 Å². The van der Waals surface area contributed by atoms with Gasteiger partial charge in [0.1, 0.15) is 12.7 Å². The first-order chi connectivity index (χ1) is 31.9. The van der Waals surface area contributed by atoms with E-state index < -0.39 is 134 Å². The number of hydrogen-bond acceptors (Lipinski definition) is 19. The standard InChI is InChI=1S/C48H64O19/c1-9-17-34-20-15-12-16-21-36(59-29(5)49)35(53)23-25-38(54)57-26-37-41(65-39(55)24-22-33-18-13-11-14-19-33)43(66-46(56)27(3)10-2)44(62-32(8)52)48(64-37)67-45-42(61-31(7)51)40(60-30(6)50)28(4)58-47(45)63-34/h10-11,13-14,18-19,22,24,28,34,36-37,40-45,47-48H,9,12,15-17,20-21,23,25-26H2,1-8H3/t28?,34-,36-,37?,40?,41?,42?,43?,44?,45?,47?,48?/m0/s1. The molecular weight excluding hydrogens is 881 g/mol. The maximum atomic E-state index is 13.7. The lowest BCUT2D eigenvalue weighted by Gasteiger charge is -2.48. The highest BCUT2D eigenvalue weighted by atomic mass is 16.8. The van der Waals surface area contributed by atoms with Crippen molar-refractivity contribution in [1.82, 2.24) is 0 Å². The summed E-state index contributed by atoms with van der Waals surface area (Å²) < 4.78 is 66.3. The highest BCUT2D eigenvalue weighted by molar-refractivity contribution is 5.89. The van der Waals surface area contributed by atoms with Crippen LogP contribution in [0.4, 0.5) is 0 Å². The zero-order chi connectivity index (χ0) is 49.2. The molecule has 370 valence electrons. The van der Waals surface area contributed by atoms with E-state index >= 15 is 0 Å². The van der Waals surface area contributed by atoms with Gasteiger partial charge in [0.25, 0.3) is 0 Å². The molecule has 19 nitrogen and oxygen atoms in total. The van der Waals surface area contributed by atoms with Crippen molar-refractivity contribution in [2.75, 3.05) is 6.61 Å². The summed E-state index contributed by atoms with van der Waals surface area (Å²) in [6, 6.07) is 8.76. The minimum atomic E-state index is -1.84. The lowest BCUT2D eigenvalue weighted by atomic mass is 9.96. The Hall–Kier alpha value is -5.50. The van der Waals surface area contributed by atoms with E-state index in [9.17, 15) is 38.4 Å². The summed E-state index contributed by atoms with van der Waals surface area (Å²) >= 11 is 0. The van der Waals surface area contributed by atoms with Crippen LogP contribution in [0.5, 0.6) is 0 Å². The van der Waals surface area contributed by atoms with Crippen molar-refractivity contribution in [1.29, 1.82) is 0 Å². The summed E-state index contributed by atoms with van der Waals surface area (Å²) in [5.41, 5.74) is 0.743. The number of fused-ring (bicyclic) bond motifs is 3. The molecular formula is C48H64O19. The van der Waals surface area contributed by atoms with Crippen molar-refractivity contribution in [2.45, 2.75) is 187 Å². The molecule has 1 aromatic rings. The number of rotatable bonds is 11. The molecule has 4 rings (SSSR count). The number of Topliss-reactive ketones (excluding diaryl/α,β-unsaturated/α-hetero) is 1. The third kappa shape index (κ3) is 17.0. The average molecular weight is 945 g/mol. The second-order valence-electron chi connectivity index (χ2n) is 16.5. The van der Waals surface area contributed by atoms with Crippen LogP contribution in [0.3, 0.4) is 0 Å². The minimum Gasteiger partial charge on any atom is -0.463 e. The van der Waals surface area contributed by atoms with Crippen LogP contribution in [0.15, 0.2) is 48.1 Å². The molecule has 19 heteroatoms. The minimum absolute atomic E-state index is 0.108. The molecule has 0 aromatic heterocycles. The molecule has 0 spiro atoms. The third-order valence-electron chi connectivity index (χ3n) is 11.1. The zero-order valence-corrected chi connectivity index (χ0v) is 39.4. The summed E-state index contributed by atoms with van der Waals surface area (Å²) in [5.74, 6) is -6.39. The molecule has 3 aliphatic rings. The van der Waals surface area contributed by atoms with E-state index in [4.69, 9.17) is 52.1 Å². The van der Waals surface area contributed by atoms with Gasteiger partial charge in [-0.25, -0.2) is 9.59 Å². The molecule has 0 saturated carbocycles. The van der Waals surface area contributed by atoms with Gasteiger partial charge in [0.05, 0.1) is 18.6 Å². The van der Waals surface area contributed by atoms with Gasteiger partial charge in [-0.05, 0) is 58.1 Å². The molecule has 2 bridgehead atoms. The largest absolute Gasteiger partial charge is 0.463 e. The molecule has 3 saturated heterocycles. The third-order valence-corrected chi connectivity index (χ3v) is 11.1. The number of allylic oxidation sites excluding steroid dienone is 1. The van der Waals surface area contributed by atoms with Crippen LogP contribution in [0.1, 0.15) is 119 Å². The number of benzene rings is 1. The van der Waals surface area contributed by atoms with Crippen LogP contribution in [0, 0.1) is 0 Å². The van der Waals surface area contributed by atoms with E-state index in [1.165, 1.54) is 26.0 Å². The smallest absolute Gasteiger partial charge is 0.333 e. The normalized spacial score (nSPS) is 30.4. The van der Waals surface area contributed by atoms with Crippen LogP contribution in [0.2, 0.25) is 0 Å². The summed E-state index contributed by atoms with van der Waals surface area (Å²) in [4.78, 5) is 104. The van der Waals surface area contributed by atoms with Gasteiger partial charge in [-0.2, -0.15) is 0 Å². The molecule has 0 amide bonds. The van der Waals surface area contributed by atoms with Gasteiger partial charge in [-0.15, -0.1) is 0 Å². The molecule has 0 aliphatic carbocycles. The van der Waals surface area contributed by atoms with Crippen LogP contribution < -0.4 is 0 Å².